The summed E-state index contributed by atoms with van der Waals surface area (Å²) < 4.78 is 4.99. The van der Waals surface area contributed by atoms with Crippen LogP contribution in [0.25, 0.3) is 0 Å². The summed E-state index contributed by atoms with van der Waals surface area (Å²) in [7, 11) is 1.44. The van der Waals surface area contributed by atoms with Crippen molar-refractivity contribution in [3.8, 4) is 5.75 Å². The quantitative estimate of drug-likeness (QED) is 0.681. The van der Waals surface area contributed by atoms with Gasteiger partial charge in [0.2, 0.25) is 0 Å². The zero-order valence-corrected chi connectivity index (χ0v) is 10.6. The minimum atomic E-state index is -0.576. The van der Waals surface area contributed by atoms with Crippen molar-refractivity contribution >= 4 is 17.3 Å². The lowest BCUT2D eigenvalue weighted by Crippen LogP contribution is -2.14. The first-order valence-electron chi connectivity index (χ1n) is 5.66. The van der Waals surface area contributed by atoms with Crippen molar-refractivity contribution in [1.82, 2.24) is 4.98 Å². The van der Waals surface area contributed by atoms with Gasteiger partial charge in [-0.05, 0) is 18.2 Å². The number of rotatable bonds is 4. The molecular formula is C13H11N3O4. The second-order valence-electron chi connectivity index (χ2n) is 3.81. The second kappa shape index (κ2) is 5.79. The number of pyridine rings is 1. The number of nitrogens with zero attached hydrogens (tertiary/aromatic N) is 2. The van der Waals surface area contributed by atoms with Gasteiger partial charge in [0.05, 0.1) is 12.0 Å². The molecule has 1 aromatic heterocycles. The zero-order valence-electron chi connectivity index (χ0n) is 10.6. The van der Waals surface area contributed by atoms with Crippen LogP contribution < -0.4 is 10.1 Å². The van der Waals surface area contributed by atoms with Crippen LogP contribution in [0.5, 0.6) is 5.75 Å². The number of carbonyl (C=O) groups excluding carboxylic acids is 1. The monoisotopic (exact) mass is 273 g/mol. The largest absolute Gasteiger partial charge is 0.497 e. The van der Waals surface area contributed by atoms with Gasteiger partial charge in [-0.2, -0.15) is 0 Å². The van der Waals surface area contributed by atoms with Gasteiger partial charge in [0, 0.05) is 18.3 Å². The van der Waals surface area contributed by atoms with Crippen LogP contribution in [0.4, 0.5) is 11.4 Å². The number of aromatic nitrogens is 1. The van der Waals surface area contributed by atoms with E-state index in [2.05, 4.69) is 10.3 Å². The number of carbonyl (C=O) groups is 1. The number of nitro groups is 1. The lowest BCUT2D eigenvalue weighted by molar-refractivity contribution is -0.383. The van der Waals surface area contributed by atoms with Crippen LogP contribution >= 0.6 is 0 Å². The van der Waals surface area contributed by atoms with Gasteiger partial charge >= 0.3 is 0 Å². The second-order valence-corrected chi connectivity index (χ2v) is 3.81. The first-order chi connectivity index (χ1) is 9.61. The average molecular weight is 273 g/mol. The molecule has 2 aromatic rings. The highest BCUT2D eigenvalue weighted by Gasteiger charge is 2.18. The molecule has 7 nitrogen and oxygen atoms in total. The Balaban J connectivity index is 2.32. The Bertz CT molecular complexity index is 643. The third-order valence-electron chi connectivity index (χ3n) is 2.55. The van der Waals surface area contributed by atoms with E-state index >= 15 is 0 Å². The van der Waals surface area contributed by atoms with Crippen molar-refractivity contribution in [2.24, 2.45) is 0 Å². The fourth-order valence-electron chi connectivity index (χ4n) is 1.58. The zero-order chi connectivity index (χ0) is 14.5. The van der Waals surface area contributed by atoms with E-state index in [1.165, 1.54) is 37.6 Å². The molecule has 1 heterocycles. The SMILES string of the molecule is COc1ccc([N+](=O)[O-])c(NC(=O)c2ccccn2)c1. The summed E-state index contributed by atoms with van der Waals surface area (Å²) in [4.78, 5) is 26.2. The van der Waals surface area contributed by atoms with E-state index < -0.39 is 10.8 Å². The lowest BCUT2D eigenvalue weighted by Gasteiger charge is -2.07. The molecule has 2 rings (SSSR count). The van der Waals surface area contributed by atoms with Crippen molar-refractivity contribution in [3.63, 3.8) is 0 Å². The lowest BCUT2D eigenvalue weighted by atomic mass is 10.2. The van der Waals surface area contributed by atoms with E-state index in [0.717, 1.165) is 0 Å². The molecule has 0 aliphatic carbocycles. The van der Waals surface area contributed by atoms with Gasteiger partial charge < -0.3 is 10.1 Å². The molecule has 102 valence electrons. The van der Waals surface area contributed by atoms with Gasteiger partial charge in [0.1, 0.15) is 17.1 Å². The predicted octanol–water partition coefficient (Wildman–Crippen LogP) is 2.25. The van der Waals surface area contributed by atoms with E-state index in [0.29, 0.717) is 5.75 Å². The highest BCUT2D eigenvalue weighted by atomic mass is 16.6. The normalized spacial score (nSPS) is 9.85. The Labute approximate surface area is 114 Å². The molecule has 0 saturated carbocycles. The van der Waals surface area contributed by atoms with Crippen LogP contribution in [0.15, 0.2) is 42.6 Å². The predicted molar refractivity (Wildman–Crippen MR) is 71.8 cm³/mol. The number of benzene rings is 1. The van der Waals surface area contributed by atoms with Crippen LogP contribution in [0, 0.1) is 10.1 Å². The van der Waals surface area contributed by atoms with Crippen molar-refractivity contribution in [2.75, 3.05) is 12.4 Å². The fourth-order valence-corrected chi connectivity index (χ4v) is 1.58. The molecular weight excluding hydrogens is 262 g/mol. The van der Waals surface area contributed by atoms with Gasteiger partial charge in [0.25, 0.3) is 11.6 Å². The summed E-state index contributed by atoms with van der Waals surface area (Å²) in [5.74, 6) is -0.117. The molecule has 7 heteroatoms. The summed E-state index contributed by atoms with van der Waals surface area (Å²) >= 11 is 0. The molecule has 0 aliphatic rings. The molecule has 0 saturated heterocycles. The molecule has 0 fully saturated rings. The van der Waals surface area contributed by atoms with E-state index in [-0.39, 0.29) is 17.1 Å². The maximum Gasteiger partial charge on any atom is 0.293 e. The molecule has 0 unspecified atom stereocenters. The van der Waals surface area contributed by atoms with Crippen molar-refractivity contribution < 1.29 is 14.5 Å². The minimum absolute atomic E-state index is 0.0602. The Morgan fingerprint density at radius 3 is 2.75 bits per heavy atom. The van der Waals surface area contributed by atoms with Crippen molar-refractivity contribution in [1.29, 1.82) is 0 Å². The number of hydrogen-bond donors (Lipinski definition) is 1. The highest BCUT2D eigenvalue weighted by molar-refractivity contribution is 6.04. The summed E-state index contributed by atoms with van der Waals surface area (Å²) in [6, 6.07) is 8.95. The summed E-state index contributed by atoms with van der Waals surface area (Å²) in [6.07, 6.45) is 1.47. The van der Waals surface area contributed by atoms with Gasteiger partial charge in [-0.3, -0.25) is 19.9 Å². The number of amides is 1. The van der Waals surface area contributed by atoms with Gasteiger partial charge in [0.15, 0.2) is 0 Å². The van der Waals surface area contributed by atoms with Crippen molar-refractivity contribution in [3.05, 3.63) is 58.4 Å². The van der Waals surface area contributed by atoms with E-state index in [1.807, 2.05) is 0 Å². The van der Waals surface area contributed by atoms with Crippen LogP contribution in [0.3, 0.4) is 0 Å². The number of nitro benzene ring substituents is 1. The maximum absolute atomic E-state index is 12.0. The van der Waals surface area contributed by atoms with Crippen LogP contribution in [0.1, 0.15) is 10.5 Å². The maximum atomic E-state index is 12.0. The summed E-state index contributed by atoms with van der Waals surface area (Å²) in [6.45, 7) is 0. The van der Waals surface area contributed by atoms with E-state index in [1.54, 1.807) is 12.1 Å². The van der Waals surface area contributed by atoms with E-state index in [4.69, 9.17) is 4.74 Å². The molecule has 0 radical (unpaired) electrons. The molecule has 20 heavy (non-hydrogen) atoms. The molecule has 1 amide bonds. The first-order valence-corrected chi connectivity index (χ1v) is 5.66. The van der Waals surface area contributed by atoms with Gasteiger partial charge in [-0.15, -0.1) is 0 Å². The summed E-state index contributed by atoms with van der Waals surface area (Å²) in [5, 5.41) is 13.4. The standard InChI is InChI=1S/C13H11N3O4/c1-20-9-5-6-12(16(18)19)11(8-9)15-13(17)10-4-2-3-7-14-10/h2-8H,1H3,(H,15,17). The minimum Gasteiger partial charge on any atom is -0.497 e. The number of anilines is 1. The first kappa shape index (κ1) is 13.5. The Morgan fingerprint density at radius 2 is 2.15 bits per heavy atom. The molecule has 1 aromatic carbocycles. The number of hydrogen-bond acceptors (Lipinski definition) is 5. The summed E-state index contributed by atoms with van der Waals surface area (Å²) in [5.41, 5.74) is 0.0182. The number of methoxy groups -OCH3 is 1. The number of ether oxygens (including phenoxy) is 1. The molecule has 0 spiro atoms. The molecule has 0 bridgehead atoms. The Kier molecular flexibility index (Phi) is 3.90. The molecule has 0 atom stereocenters. The number of nitrogens with one attached hydrogen (secondary N) is 1. The van der Waals surface area contributed by atoms with Gasteiger partial charge in [-0.25, -0.2) is 0 Å². The smallest absolute Gasteiger partial charge is 0.293 e. The van der Waals surface area contributed by atoms with E-state index in [9.17, 15) is 14.9 Å². The fraction of sp³-hybridized carbons (Fsp3) is 0.0769. The Morgan fingerprint density at radius 1 is 1.35 bits per heavy atom. The van der Waals surface area contributed by atoms with Crippen molar-refractivity contribution in [2.45, 2.75) is 0 Å². The highest BCUT2D eigenvalue weighted by Crippen LogP contribution is 2.29. The third kappa shape index (κ3) is 2.89. The average Bonchev–Trinajstić information content (AvgIpc) is 2.47. The third-order valence-corrected chi connectivity index (χ3v) is 2.55. The van der Waals surface area contributed by atoms with Crippen LogP contribution in [-0.2, 0) is 0 Å². The van der Waals surface area contributed by atoms with Gasteiger partial charge in [-0.1, -0.05) is 6.07 Å². The molecule has 1 N–H and O–H groups in total. The Hall–Kier alpha value is -2.96. The van der Waals surface area contributed by atoms with Crippen LogP contribution in [0.2, 0.25) is 0 Å². The topological polar surface area (TPSA) is 94.4 Å². The van der Waals surface area contributed by atoms with Crippen LogP contribution in [-0.4, -0.2) is 22.9 Å². The molecule has 0 aliphatic heterocycles.